The number of likely N-dealkylation sites (tertiary alicyclic amines) is 1. The van der Waals surface area contributed by atoms with Crippen LogP contribution in [0.3, 0.4) is 0 Å². The van der Waals surface area contributed by atoms with Crippen LogP contribution in [0, 0.1) is 0 Å². The fourth-order valence-corrected chi connectivity index (χ4v) is 3.80. The second kappa shape index (κ2) is 11.2. The number of carbonyl (C=O) groups excluding carboxylic acids is 1. The Kier molecular flexibility index (Phi) is 8.33. The van der Waals surface area contributed by atoms with Crippen LogP contribution < -0.4 is 20.1 Å². The van der Waals surface area contributed by atoms with E-state index in [1.54, 1.807) is 7.11 Å². The molecular weight excluding hydrogens is 383 g/mol. The number of carbonyl (C=O) groups is 1. The Morgan fingerprint density at radius 2 is 1.72 bits per heavy atom. The first-order chi connectivity index (χ1) is 14.1. The van der Waals surface area contributed by atoms with Gasteiger partial charge in [0.05, 0.1) is 20.1 Å². The third kappa shape index (κ3) is 7.34. The predicted molar refractivity (Wildman–Crippen MR) is 120 cm³/mol. The maximum atomic E-state index is 12.5. The van der Waals surface area contributed by atoms with Crippen molar-refractivity contribution >= 4 is 20.5 Å². The van der Waals surface area contributed by atoms with Crippen molar-refractivity contribution in [1.82, 2.24) is 10.2 Å². The molecule has 1 heterocycles. The zero-order valence-electron chi connectivity index (χ0n) is 17.1. The Hall–Kier alpha value is -2.10. The Labute approximate surface area is 176 Å². The van der Waals surface area contributed by atoms with Crippen molar-refractivity contribution in [3.05, 3.63) is 54.1 Å². The Bertz CT molecular complexity index is 759. The lowest BCUT2D eigenvalue weighted by Gasteiger charge is -2.25. The molecule has 2 aromatic carbocycles. The summed E-state index contributed by atoms with van der Waals surface area (Å²) < 4.78 is 10.8. The second-order valence-corrected chi connectivity index (χ2v) is 8.16. The van der Waals surface area contributed by atoms with Crippen LogP contribution in [0.15, 0.2) is 48.5 Å². The SMILES string of the molecule is COc1ccc(OCCC(=O)NC(Cc2ccc(P)cc2)CN2CCCC2)cc1. The van der Waals surface area contributed by atoms with E-state index in [0.717, 1.165) is 37.6 Å². The van der Waals surface area contributed by atoms with Gasteiger partial charge in [-0.25, -0.2) is 0 Å². The van der Waals surface area contributed by atoms with E-state index >= 15 is 0 Å². The van der Waals surface area contributed by atoms with Gasteiger partial charge in [-0.05, 0) is 67.5 Å². The molecule has 1 aliphatic rings. The Morgan fingerprint density at radius 1 is 1.07 bits per heavy atom. The smallest absolute Gasteiger partial charge is 0.223 e. The van der Waals surface area contributed by atoms with Crippen LogP contribution in [0.1, 0.15) is 24.8 Å². The third-order valence-electron chi connectivity index (χ3n) is 5.16. The highest BCUT2D eigenvalue weighted by molar-refractivity contribution is 7.27. The minimum Gasteiger partial charge on any atom is -0.497 e. The standard InChI is InChI=1S/C23H31N2O3P/c1-27-20-6-8-21(9-7-20)28-15-12-23(26)24-19(17-25-13-2-3-14-25)16-18-4-10-22(29)11-5-18/h4-11,19H,2-3,12-17,29H2,1H3,(H,24,26). The van der Waals surface area contributed by atoms with Crippen LogP contribution in [0.25, 0.3) is 0 Å². The molecule has 2 unspecified atom stereocenters. The van der Waals surface area contributed by atoms with E-state index in [9.17, 15) is 4.79 Å². The number of benzene rings is 2. The fourth-order valence-electron chi connectivity index (χ4n) is 3.61. The number of amides is 1. The lowest BCUT2D eigenvalue weighted by molar-refractivity contribution is -0.122. The van der Waals surface area contributed by atoms with E-state index < -0.39 is 0 Å². The van der Waals surface area contributed by atoms with Crippen LogP contribution in [0.2, 0.25) is 0 Å². The molecule has 0 bridgehead atoms. The van der Waals surface area contributed by atoms with Gasteiger partial charge in [0.25, 0.3) is 0 Å². The number of nitrogens with zero attached hydrogens (tertiary/aromatic N) is 1. The van der Waals surface area contributed by atoms with E-state index in [1.165, 1.54) is 23.7 Å². The fraction of sp³-hybridized carbons (Fsp3) is 0.435. The summed E-state index contributed by atoms with van der Waals surface area (Å²) >= 11 is 0. The van der Waals surface area contributed by atoms with Crippen molar-refractivity contribution in [3.63, 3.8) is 0 Å². The number of methoxy groups -OCH3 is 1. The van der Waals surface area contributed by atoms with Gasteiger partial charge in [0.2, 0.25) is 5.91 Å². The highest BCUT2D eigenvalue weighted by Crippen LogP contribution is 2.17. The summed E-state index contributed by atoms with van der Waals surface area (Å²) in [5, 5.41) is 4.40. The summed E-state index contributed by atoms with van der Waals surface area (Å²) in [4.78, 5) is 15.0. The molecule has 0 radical (unpaired) electrons. The highest BCUT2D eigenvalue weighted by Gasteiger charge is 2.19. The van der Waals surface area contributed by atoms with Gasteiger partial charge in [-0.15, -0.1) is 9.24 Å². The van der Waals surface area contributed by atoms with Crippen LogP contribution in [-0.4, -0.2) is 50.2 Å². The van der Waals surface area contributed by atoms with Gasteiger partial charge in [0.1, 0.15) is 11.5 Å². The summed E-state index contributed by atoms with van der Waals surface area (Å²) in [6.45, 7) is 3.50. The maximum absolute atomic E-state index is 12.5. The number of rotatable bonds is 10. The van der Waals surface area contributed by atoms with Gasteiger partial charge in [-0.1, -0.05) is 24.3 Å². The summed E-state index contributed by atoms with van der Waals surface area (Å²) in [5.74, 6) is 1.56. The molecule has 0 spiro atoms. The van der Waals surface area contributed by atoms with E-state index in [2.05, 4.69) is 43.7 Å². The van der Waals surface area contributed by atoms with Crippen molar-refractivity contribution in [1.29, 1.82) is 0 Å². The number of ether oxygens (including phenoxy) is 2. The van der Waals surface area contributed by atoms with E-state index in [4.69, 9.17) is 9.47 Å². The van der Waals surface area contributed by atoms with Crippen LogP contribution in [0.4, 0.5) is 0 Å². The average Bonchev–Trinajstić information content (AvgIpc) is 3.23. The van der Waals surface area contributed by atoms with E-state index in [1.807, 2.05) is 24.3 Å². The molecule has 1 saturated heterocycles. The summed E-state index contributed by atoms with van der Waals surface area (Å²) in [6, 6.07) is 16.0. The minimum absolute atomic E-state index is 0.0328. The van der Waals surface area contributed by atoms with Gasteiger partial charge in [0, 0.05) is 12.6 Å². The quantitative estimate of drug-likeness (QED) is 0.608. The molecule has 29 heavy (non-hydrogen) atoms. The van der Waals surface area contributed by atoms with Crippen LogP contribution in [0.5, 0.6) is 11.5 Å². The lowest BCUT2D eigenvalue weighted by Crippen LogP contribution is -2.44. The number of hydrogen-bond donors (Lipinski definition) is 1. The number of nitrogens with one attached hydrogen (secondary N) is 1. The molecule has 0 saturated carbocycles. The van der Waals surface area contributed by atoms with E-state index in [0.29, 0.717) is 13.0 Å². The molecule has 1 aliphatic heterocycles. The first-order valence-electron chi connectivity index (χ1n) is 10.3. The maximum Gasteiger partial charge on any atom is 0.223 e. The molecule has 6 heteroatoms. The van der Waals surface area contributed by atoms with Crippen molar-refractivity contribution < 1.29 is 14.3 Å². The molecule has 3 rings (SSSR count). The normalized spacial score (nSPS) is 15.1. The average molecular weight is 414 g/mol. The second-order valence-electron chi connectivity index (χ2n) is 7.49. The molecule has 0 aromatic heterocycles. The molecule has 2 atom stereocenters. The van der Waals surface area contributed by atoms with Crippen molar-refractivity contribution in [2.45, 2.75) is 31.7 Å². The molecular formula is C23H31N2O3P. The predicted octanol–water partition coefficient (Wildman–Crippen LogP) is 2.79. The molecule has 1 N–H and O–H groups in total. The van der Waals surface area contributed by atoms with Gasteiger partial charge in [0.15, 0.2) is 0 Å². The van der Waals surface area contributed by atoms with Crippen LogP contribution >= 0.6 is 9.24 Å². The van der Waals surface area contributed by atoms with Crippen molar-refractivity contribution in [3.8, 4) is 11.5 Å². The van der Waals surface area contributed by atoms with Crippen LogP contribution in [-0.2, 0) is 11.2 Å². The first kappa shape index (κ1) is 21.6. The van der Waals surface area contributed by atoms with Gasteiger partial charge < -0.3 is 19.7 Å². The summed E-state index contributed by atoms with van der Waals surface area (Å²) in [5.41, 5.74) is 1.25. The molecule has 1 fully saturated rings. The Morgan fingerprint density at radius 3 is 2.38 bits per heavy atom. The molecule has 156 valence electrons. The topological polar surface area (TPSA) is 50.8 Å². The number of hydrogen-bond acceptors (Lipinski definition) is 4. The molecule has 2 aromatic rings. The zero-order chi connectivity index (χ0) is 20.5. The summed E-state index contributed by atoms with van der Waals surface area (Å²) in [7, 11) is 4.34. The van der Waals surface area contributed by atoms with Gasteiger partial charge >= 0.3 is 0 Å². The summed E-state index contributed by atoms with van der Waals surface area (Å²) in [6.07, 6.45) is 3.68. The van der Waals surface area contributed by atoms with Gasteiger partial charge in [-0.3, -0.25) is 4.79 Å². The third-order valence-corrected chi connectivity index (χ3v) is 5.55. The lowest BCUT2D eigenvalue weighted by atomic mass is 10.1. The molecule has 5 nitrogen and oxygen atoms in total. The van der Waals surface area contributed by atoms with E-state index in [-0.39, 0.29) is 11.9 Å². The zero-order valence-corrected chi connectivity index (χ0v) is 18.3. The molecule has 1 amide bonds. The van der Waals surface area contributed by atoms with Crippen molar-refractivity contribution in [2.24, 2.45) is 0 Å². The van der Waals surface area contributed by atoms with Gasteiger partial charge in [-0.2, -0.15) is 0 Å². The largest absolute Gasteiger partial charge is 0.497 e. The Balaban J connectivity index is 1.49. The van der Waals surface area contributed by atoms with Crippen molar-refractivity contribution in [2.75, 3.05) is 33.4 Å². The minimum atomic E-state index is 0.0328. The molecule has 0 aliphatic carbocycles. The first-order valence-corrected chi connectivity index (χ1v) is 10.8. The monoisotopic (exact) mass is 414 g/mol. The highest BCUT2D eigenvalue weighted by atomic mass is 31.0.